The molecular formula is C13H19N5O2. The first-order chi connectivity index (χ1) is 9.65. The number of nitrogens with zero attached hydrogens (tertiary/aromatic N) is 4. The van der Waals surface area contributed by atoms with E-state index in [4.69, 9.17) is 5.73 Å². The molecule has 20 heavy (non-hydrogen) atoms. The molecule has 0 aromatic carbocycles. The zero-order valence-corrected chi connectivity index (χ0v) is 11.4. The zero-order chi connectivity index (χ0) is 14.1. The van der Waals surface area contributed by atoms with Crippen LogP contribution in [0.15, 0.2) is 12.3 Å². The van der Waals surface area contributed by atoms with E-state index in [9.17, 15) is 9.59 Å². The average Bonchev–Trinajstić information content (AvgIpc) is 2.87. The van der Waals surface area contributed by atoms with Crippen LogP contribution in [0.1, 0.15) is 19.3 Å². The monoisotopic (exact) mass is 277 g/mol. The summed E-state index contributed by atoms with van der Waals surface area (Å²) in [6.07, 6.45) is 4.58. The molecule has 0 radical (unpaired) electrons. The third-order valence-electron chi connectivity index (χ3n) is 4.01. The van der Waals surface area contributed by atoms with E-state index in [2.05, 4.69) is 5.10 Å². The molecule has 0 spiro atoms. The normalized spacial score (nSPS) is 23.1. The van der Waals surface area contributed by atoms with E-state index in [1.54, 1.807) is 26.7 Å². The Hall–Kier alpha value is -2.05. The molecule has 7 nitrogen and oxygen atoms in total. The molecule has 108 valence electrons. The number of hydrogen-bond donors (Lipinski definition) is 1. The van der Waals surface area contributed by atoms with Crippen LogP contribution >= 0.6 is 0 Å². The van der Waals surface area contributed by atoms with Gasteiger partial charge in [0, 0.05) is 19.3 Å². The van der Waals surface area contributed by atoms with Gasteiger partial charge in [0.1, 0.15) is 11.9 Å². The first-order valence-electron chi connectivity index (χ1n) is 7.02. The second kappa shape index (κ2) is 5.15. The molecular weight excluding hydrogens is 258 g/mol. The van der Waals surface area contributed by atoms with E-state index in [-0.39, 0.29) is 24.4 Å². The number of aromatic nitrogens is 2. The van der Waals surface area contributed by atoms with Crippen molar-refractivity contribution >= 4 is 17.6 Å². The van der Waals surface area contributed by atoms with Crippen molar-refractivity contribution in [2.24, 2.45) is 0 Å². The van der Waals surface area contributed by atoms with Crippen molar-refractivity contribution < 1.29 is 9.59 Å². The molecule has 0 saturated carbocycles. The van der Waals surface area contributed by atoms with Crippen LogP contribution in [0.2, 0.25) is 0 Å². The highest BCUT2D eigenvalue weighted by Crippen LogP contribution is 2.22. The summed E-state index contributed by atoms with van der Waals surface area (Å²) in [5.74, 6) is 0.600. The SMILES string of the molecule is Nc1ccn(CCN2CC(=O)N3CCCCC3C2=O)n1. The van der Waals surface area contributed by atoms with Crippen molar-refractivity contribution in [2.75, 3.05) is 25.4 Å². The number of nitrogens with two attached hydrogens (primary N) is 1. The third-order valence-corrected chi connectivity index (χ3v) is 4.01. The van der Waals surface area contributed by atoms with Gasteiger partial charge in [0.25, 0.3) is 0 Å². The van der Waals surface area contributed by atoms with Crippen molar-refractivity contribution in [3.05, 3.63) is 12.3 Å². The minimum atomic E-state index is -0.243. The first kappa shape index (κ1) is 13.0. The van der Waals surface area contributed by atoms with Crippen molar-refractivity contribution in [2.45, 2.75) is 31.8 Å². The van der Waals surface area contributed by atoms with Gasteiger partial charge in [-0.05, 0) is 25.3 Å². The molecule has 2 fully saturated rings. The maximum Gasteiger partial charge on any atom is 0.245 e. The Morgan fingerprint density at radius 3 is 2.90 bits per heavy atom. The standard InChI is InChI=1S/C13H19N5O2/c14-11-4-6-17(15-11)8-7-16-9-12(19)18-5-2-1-3-10(18)13(16)20/h4,6,10H,1-3,5,7-9H2,(H2,14,15). The summed E-state index contributed by atoms with van der Waals surface area (Å²) in [7, 11) is 0. The van der Waals surface area contributed by atoms with Crippen LogP contribution in [0.5, 0.6) is 0 Å². The predicted octanol–water partition coefficient (Wildman–Crippen LogP) is -0.311. The minimum Gasteiger partial charge on any atom is -0.382 e. The van der Waals surface area contributed by atoms with E-state index in [0.717, 1.165) is 25.8 Å². The molecule has 3 heterocycles. The Balaban J connectivity index is 1.64. The number of carbonyl (C=O) groups is 2. The molecule has 2 amide bonds. The van der Waals surface area contributed by atoms with Crippen LogP contribution < -0.4 is 5.73 Å². The first-order valence-corrected chi connectivity index (χ1v) is 7.02. The van der Waals surface area contributed by atoms with Crippen molar-refractivity contribution in [1.82, 2.24) is 19.6 Å². The molecule has 1 aromatic heterocycles. The smallest absolute Gasteiger partial charge is 0.245 e. The van der Waals surface area contributed by atoms with Gasteiger partial charge in [-0.1, -0.05) is 0 Å². The summed E-state index contributed by atoms with van der Waals surface area (Å²) in [6, 6.07) is 1.47. The van der Waals surface area contributed by atoms with Gasteiger partial charge >= 0.3 is 0 Å². The fourth-order valence-corrected chi connectivity index (χ4v) is 2.94. The van der Waals surface area contributed by atoms with Gasteiger partial charge in [-0.3, -0.25) is 14.3 Å². The molecule has 7 heteroatoms. The van der Waals surface area contributed by atoms with Gasteiger partial charge in [0.15, 0.2) is 0 Å². The summed E-state index contributed by atoms with van der Waals surface area (Å²) >= 11 is 0. The summed E-state index contributed by atoms with van der Waals surface area (Å²) < 4.78 is 1.69. The maximum absolute atomic E-state index is 12.4. The number of piperidine rings is 1. The largest absolute Gasteiger partial charge is 0.382 e. The number of piperazine rings is 1. The number of amides is 2. The lowest BCUT2D eigenvalue weighted by molar-refractivity contribution is -0.157. The number of nitrogen functional groups attached to an aromatic ring is 1. The van der Waals surface area contributed by atoms with Gasteiger partial charge < -0.3 is 15.5 Å². The molecule has 1 atom stereocenters. The molecule has 3 rings (SSSR count). The van der Waals surface area contributed by atoms with Crippen LogP contribution in [0.25, 0.3) is 0 Å². The molecule has 2 N–H and O–H groups in total. The van der Waals surface area contributed by atoms with E-state index >= 15 is 0 Å². The average molecular weight is 277 g/mol. The molecule has 2 saturated heterocycles. The van der Waals surface area contributed by atoms with Crippen LogP contribution in [0, 0.1) is 0 Å². The second-order valence-electron chi connectivity index (χ2n) is 5.36. The van der Waals surface area contributed by atoms with Gasteiger partial charge in [-0.2, -0.15) is 5.10 Å². The van der Waals surface area contributed by atoms with E-state index in [1.165, 1.54) is 0 Å². The lowest BCUT2D eigenvalue weighted by Crippen LogP contribution is -2.61. The second-order valence-corrected chi connectivity index (χ2v) is 5.36. The maximum atomic E-state index is 12.4. The highest BCUT2D eigenvalue weighted by Gasteiger charge is 2.39. The molecule has 0 bridgehead atoms. The number of anilines is 1. The van der Waals surface area contributed by atoms with Crippen molar-refractivity contribution in [3.8, 4) is 0 Å². The Bertz CT molecular complexity index is 527. The minimum absolute atomic E-state index is 0.0641. The lowest BCUT2D eigenvalue weighted by atomic mass is 9.98. The van der Waals surface area contributed by atoms with Gasteiger partial charge in [0.2, 0.25) is 11.8 Å². The van der Waals surface area contributed by atoms with Gasteiger partial charge in [-0.15, -0.1) is 0 Å². The molecule has 1 aromatic rings. The fraction of sp³-hybridized carbons (Fsp3) is 0.615. The van der Waals surface area contributed by atoms with E-state index in [0.29, 0.717) is 18.9 Å². The molecule has 0 aliphatic carbocycles. The Morgan fingerprint density at radius 2 is 2.15 bits per heavy atom. The number of hydrogen-bond acceptors (Lipinski definition) is 4. The van der Waals surface area contributed by atoms with Crippen LogP contribution in [-0.2, 0) is 16.1 Å². The highest BCUT2D eigenvalue weighted by molar-refractivity contribution is 5.95. The van der Waals surface area contributed by atoms with Crippen LogP contribution in [-0.4, -0.2) is 57.1 Å². The lowest BCUT2D eigenvalue weighted by Gasteiger charge is -2.42. The summed E-state index contributed by atoms with van der Waals surface area (Å²) in [5, 5.41) is 4.08. The predicted molar refractivity (Wildman–Crippen MR) is 72.6 cm³/mol. The highest BCUT2D eigenvalue weighted by atomic mass is 16.2. The van der Waals surface area contributed by atoms with Crippen LogP contribution in [0.3, 0.4) is 0 Å². The van der Waals surface area contributed by atoms with Crippen molar-refractivity contribution in [3.63, 3.8) is 0 Å². The summed E-state index contributed by atoms with van der Waals surface area (Å²) in [4.78, 5) is 27.9. The Morgan fingerprint density at radius 1 is 1.30 bits per heavy atom. The van der Waals surface area contributed by atoms with Gasteiger partial charge in [0.05, 0.1) is 13.1 Å². The van der Waals surface area contributed by atoms with E-state index in [1.807, 2.05) is 0 Å². The summed E-state index contributed by atoms with van der Waals surface area (Å²) in [6.45, 7) is 1.96. The van der Waals surface area contributed by atoms with Gasteiger partial charge in [-0.25, -0.2) is 0 Å². The van der Waals surface area contributed by atoms with Crippen molar-refractivity contribution in [1.29, 1.82) is 0 Å². The Kier molecular flexibility index (Phi) is 3.33. The molecule has 1 unspecified atom stereocenters. The molecule has 2 aliphatic heterocycles. The van der Waals surface area contributed by atoms with Crippen LogP contribution in [0.4, 0.5) is 5.82 Å². The number of fused-ring (bicyclic) bond motifs is 1. The fourth-order valence-electron chi connectivity index (χ4n) is 2.94. The Labute approximate surface area is 117 Å². The zero-order valence-electron chi connectivity index (χ0n) is 11.4. The third kappa shape index (κ3) is 2.35. The molecule has 2 aliphatic rings. The topological polar surface area (TPSA) is 84.5 Å². The quantitative estimate of drug-likeness (QED) is 0.821. The number of rotatable bonds is 3. The van der Waals surface area contributed by atoms with E-state index < -0.39 is 0 Å². The summed E-state index contributed by atoms with van der Waals surface area (Å²) in [5.41, 5.74) is 5.55. The number of carbonyl (C=O) groups excluding carboxylic acids is 2.